The van der Waals surface area contributed by atoms with Crippen LogP contribution >= 0.6 is 0 Å². The lowest BCUT2D eigenvalue weighted by atomic mass is 9.90. The average molecular weight is 341 g/mol. The molecule has 0 amide bonds. The fourth-order valence-electron chi connectivity index (χ4n) is 4.23. The van der Waals surface area contributed by atoms with Gasteiger partial charge in [-0.3, -0.25) is 4.90 Å². The standard InChI is InChI=1S/C21H27NO3/c23-17(14-22-12-13-24-21-10-4-3-9-19(21)22)15-25-20-11-5-7-16-6-1-2-8-18(16)20/h1-2,5-8,11,17,19,21,23H,3-4,9-10,12-15H2. The van der Waals surface area contributed by atoms with Crippen LogP contribution in [0.5, 0.6) is 5.75 Å². The first-order valence-electron chi connectivity index (χ1n) is 9.45. The molecule has 134 valence electrons. The molecule has 1 aliphatic carbocycles. The summed E-state index contributed by atoms with van der Waals surface area (Å²) in [5.74, 6) is 0.842. The quantitative estimate of drug-likeness (QED) is 0.907. The highest BCUT2D eigenvalue weighted by Crippen LogP contribution is 2.29. The molecule has 0 aromatic heterocycles. The van der Waals surface area contributed by atoms with E-state index in [1.54, 1.807) is 0 Å². The average Bonchev–Trinajstić information content (AvgIpc) is 2.66. The Morgan fingerprint density at radius 3 is 2.92 bits per heavy atom. The number of β-amino-alcohol motifs (C(OH)–C–C–N with tert-alkyl or cyclic N) is 1. The van der Waals surface area contributed by atoms with E-state index >= 15 is 0 Å². The molecule has 3 atom stereocenters. The molecule has 0 bridgehead atoms. The van der Waals surface area contributed by atoms with E-state index in [-0.39, 0.29) is 0 Å². The van der Waals surface area contributed by atoms with Gasteiger partial charge in [0.2, 0.25) is 0 Å². The summed E-state index contributed by atoms with van der Waals surface area (Å²) in [6.45, 7) is 2.67. The van der Waals surface area contributed by atoms with Gasteiger partial charge in [0, 0.05) is 24.5 Å². The molecule has 25 heavy (non-hydrogen) atoms. The third-order valence-electron chi connectivity index (χ3n) is 5.47. The Kier molecular flexibility index (Phi) is 5.20. The number of nitrogens with zero attached hydrogens (tertiary/aromatic N) is 1. The summed E-state index contributed by atoms with van der Waals surface area (Å²) >= 11 is 0. The van der Waals surface area contributed by atoms with Crippen molar-refractivity contribution in [2.75, 3.05) is 26.3 Å². The van der Waals surface area contributed by atoms with Gasteiger partial charge in [0.15, 0.2) is 0 Å². The summed E-state index contributed by atoms with van der Waals surface area (Å²) in [5, 5.41) is 12.8. The number of morpholine rings is 1. The number of aliphatic hydroxyl groups is 1. The van der Waals surface area contributed by atoms with Crippen molar-refractivity contribution in [3.8, 4) is 5.75 Å². The first kappa shape index (κ1) is 16.8. The summed E-state index contributed by atoms with van der Waals surface area (Å²) in [4.78, 5) is 2.41. The number of hydrogen-bond acceptors (Lipinski definition) is 4. The Morgan fingerprint density at radius 1 is 1.12 bits per heavy atom. The van der Waals surface area contributed by atoms with E-state index in [0.29, 0.717) is 25.3 Å². The first-order valence-corrected chi connectivity index (χ1v) is 9.45. The molecule has 1 N–H and O–H groups in total. The van der Waals surface area contributed by atoms with E-state index in [4.69, 9.17) is 9.47 Å². The van der Waals surface area contributed by atoms with Crippen molar-refractivity contribution in [2.45, 2.75) is 43.9 Å². The third-order valence-corrected chi connectivity index (χ3v) is 5.47. The number of fused-ring (bicyclic) bond motifs is 2. The molecule has 1 heterocycles. The van der Waals surface area contributed by atoms with E-state index in [2.05, 4.69) is 23.1 Å². The van der Waals surface area contributed by atoms with Crippen molar-refractivity contribution < 1.29 is 14.6 Å². The van der Waals surface area contributed by atoms with Crippen LogP contribution in [0, 0.1) is 0 Å². The highest BCUT2D eigenvalue weighted by atomic mass is 16.5. The number of aliphatic hydroxyl groups excluding tert-OH is 1. The van der Waals surface area contributed by atoms with Crippen LogP contribution < -0.4 is 4.74 Å². The van der Waals surface area contributed by atoms with Crippen LogP contribution in [-0.2, 0) is 4.74 Å². The molecule has 4 heteroatoms. The molecule has 1 saturated carbocycles. The van der Waals surface area contributed by atoms with Gasteiger partial charge >= 0.3 is 0 Å². The molecule has 0 radical (unpaired) electrons. The minimum absolute atomic E-state index is 0.322. The normalized spacial score (nSPS) is 25.5. The van der Waals surface area contributed by atoms with E-state index < -0.39 is 6.10 Å². The lowest BCUT2D eigenvalue weighted by Gasteiger charge is -2.44. The van der Waals surface area contributed by atoms with Crippen molar-refractivity contribution in [1.29, 1.82) is 0 Å². The van der Waals surface area contributed by atoms with Crippen molar-refractivity contribution in [3.63, 3.8) is 0 Å². The van der Waals surface area contributed by atoms with Gasteiger partial charge in [0.05, 0.1) is 12.7 Å². The lowest BCUT2D eigenvalue weighted by molar-refractivity contribution is -0.0992. The minimum Gasteiger partial charge on any atom is -0.490 e. The minimum atomic E-state index is -0.486. The van der Waals surface area contributed by atoms with Crippen molar-refractivity contribution in [3.05, 3.63) is 42.5 Å². The zero-order chi connectivity index (χ0) is 17.1. The Morgan fingerprint density at radius 2 is 1.96 bits per heavy atom. The van der Waals surface area contributed by atoms with Gasteiger partial charge in [-0.15, -0.1) is 0 Å². The Labute approximate surface area is 149 Å². The highest BCUT2D eigenvalue weighted by Gasteiger charge is 2.34. The smallest absolute Gasteiger partial charge is 0.127 e. The molecule has 4 rings (SSSR count). The fraction of sp³-hybridized carbons (Fsp3) is 0.524. The van der Waals surface area contributed by atoms with Crippen molar-refractivity contribution >= 4 is 10.8 Å². The summed E-state index contributed by atoms with van der Waals surface area (Å²) in [5.41, 5.74) is 0. The molecule has 1 aliphatic heterocycles. The predicted octanol–water partition coefficient (Wildman–Crippen LogP) is 3.22. The Bertz CT molecular complexity index is 697. The van der Waals surface area contributed by atoms with Gasteiger partial charge in [-0.2, -0.15) is 0 Å². The molecule has 2 aromatic rings. The maximum absolute atomic E-state index is 10.5. The topological polar surface area (TPSA) is 41.9 Å². The fourth-order valence-corrected chi connectivity index (χ4v) is 4.23. The number of ether oxygens (including phenoxy) is 2. The molecule has 2 fully saturated rings. The van der Waals surface area contributed by atoms with Gasteiger partial charge in [-0.1, -0.05) is 49.2 Å². The maximum atomic E-state index is 10.5. The molecule has 2 aromatic carbocycles. The molecule has 3 unspecified atom stereocenters. The molecular weight excluding hydrogens is 314 g/mol. The van der Waals surface area contributed by atoms with Crippen LogP contribution in [0.25, 0.3) is 10.8 Å². The van der Waals surface area contributed by atoms with Gasteiger partial charge in [-0.05, 0) is 24.3 Å². The lowest BCUT2D eigenvalue weighted by Crippen LogP contribution is -2.55. The largest absolute Gasteiger partial charge is 0.490 e. The van der Waals surface area contributed by atoms with Crippen LogP contribution in [0.1, 0.15) is 25.7 Å². The summed E-state index contributed by atoms with van der Waals surface area (Å²) in [7, 11) is 0. The second kappa shape index (κ2) is 7.73. The van der Waals surface area contributed by atoms with Gasteiger partial charge in [0.1, 0.15) is 18.5 Å². The zero-order valence-corrected chi connectivity index (χ0v) is 14.6. The molecule has 4 nitrogen and oxygen atoms in total. The highest BCUT2D eigenvalue weighted by molar-refractivity contribution is 5.88. The van der Waals surface area contributed by atoms with Crippen molar-refractivity contribution in [2.24, 2.45) is 0 Å². The summed E-state index contributed by atoms with van der Waals surface area (Å²) < 4.78 is 11.9. The van der Waals surface area contributed by atoms with Crippen LogP contribution in [0.4, 0.5) is 0 Å². The SMILES string of the molecule is OC(COc1cccc2ccccc12)CN1CCOC2CCCCC21. The van der Waals surface area contributed by atoms with Crippen LogP contribution in [0.2, 0.25) is 0 Å². The van der Waals surface area contributed by atoms with E-state index in [9.17, 15) is 5.11 Å². The van der Waals surface area contributed by atoms with Crippen molar-refractivity contribution in [1.82, 2.24) is 4.90 Å². The van der Waals surface area contributed by atoms with Gasteiger partial charge < -0.3 is 14.6 Å². The molecule has 1 saturated heterocycles. The van der Waals surface area contributed by atoms with Gasteiger partial charge in [-0.25, -0.2) is 0 Å². The maximum Gasteiger partial charge on any atom is 0.127 e. The monoisotopic (exact) mass is 341 g/mol. The first-order chi connectivity index (χ1) is 12.3. The van der Waals surface area contributed by atoms with Crippen LogP contribution in [0.15, 0.2) is 42.5 Å². The van der Waals surface area contributed by atoms with Crippen LogP contribution in [0.3, 0.4) is 0 Å². The van der Waals surface area contributed by atoms with Crippen LogP contribution in [-0.4, -0.2) is 54.6 Å². The Balaban J connectivity index is 1.36. The van der Waals surface area contributed by atoms with Gasteiger partial charge in [0.25, 0.3) is 0 Å². The molecule has 2 aliphatic rings. The van der Waals surface area contributed by atoms with E-state index in [1.165, 1.54) is 19.3 Å². The second-order valence-electron chi connectivity index (χ2n) is 7.20. The summed E-state index contributed by atoms with van der Waals surface area (Å²) in [6, 6.07) is 14.7. The van der Waals surface area contributed by atoms with E-state index in [1.807, 2.05) is 24.3 Å². The Hall–Kier alpha value is -1.62. The number of rotatable bonds is 5. The molecule has 0 spiro atoms. The second-order valence-corrected chi connectivity index (χ2v) is 7.20. The summed E-state index contributed by atoms with van der Waals surface area (Å²) in [6.07, 6.45) is 4.74. The number of benzene rings is 2. The number of hydrogen-bond donors (Lipinski definition) is 1. The predicted molar refractivity (Wildman–Crippen MR) is 99.0 cm³/mol. The van der Waals surface area contributed by atoms with E-state index in [0.717, 1.165) is 36.1 Å². The molecular formula is C21H27NO3. The zero-order valence-electron chi connectivity index (χ0n) is 14.6. The third kappa shape index (κ3) is 3.81.